The maximum atomic E-state index is 14.7. The van der Waals surface area contributed by atoms with Gasteiger partial charge in [0, 0.05) is 30.7 Å². The van der Waals surface area contributed by atoms with Gasteiger partial charge in [0.1, 0.15) is 16.9 Å². The summed E-state index contributed by atoms with van der Waals surface area (Å²) in [5.74, 6) is -0.0815. The minimum absolute atomic E-state index is 0.0352. The van der Waals surface area contributed by atoms with Crippen molar-refractivity contribution in [2.24, 2.45) is 0 Å². The number of benzene rings is 1. The second kappa shape index (κ2) is 12.1. The van der Waals surface area contributed by atoms with Gasteiger partial charge in [-0.3, -0.25) is 0 Å². The number of nitrogen functional groups attached to an aromatic ring is 1. The van der Waals surface area contributed by atoms with Crippen molar-refractivity contribution in [3.8, 4) is 11.3 Å². The SMILES string of the molecule is CC(C)n1c(C(C)(C)O)nc2c(F)cc(-c3nc(N)ncc3Cl)cc21.O=S(=O)(N1CCOCC1)N1C2CCC(O)[C@@H]1CC2. The molecular formula is C28H39ClFN7O5S. The van der Waals surface area contributed by atoms with Gasteiger partial charge >= 0.3 is 0 Å². The molecule has 43 heavy (non-hydrogen) atoms. The number of rotatable bonds is 5. The number of morpholine rings is 1. The van der Waals surface area contributed by atoms with Gasteiger partial charge in [-0.2, -0.15) is 17.0 Å². The first-order chi connectivity index (χ1) is 20.2. The molecule has 3 aliphatic heterocycles. The molecule has 0 aliphatic carbocycles. The van der Waals surface area contributed by atoms with Crippen LogP contribution in [0.1, 0.15) is 65.2 Å². The summed E-state index contributed by atoms with van der Waals surface area (Å²) < 4.78 is 50.1. The molecule has 6 rings (SSSR count). The van der Waals surface area contributed by atoms with Gasteiger partial charge in [0.15, 0.2) is 5.82 Å². The highest BCUT2D eigenvalue weighted by Gasteiger charge is 2.49. The van der Waals surface area contributed by atoms with Gasteiger partial charge in [-0.1, -0.05) is 11.6 Å². The second-order valence-electron chi connectivity index (χ2n) is 12.0. The van der Waals surface area contributed by atoms with Crippen LogP contribution in [0.5, 0.6) is 0 Å². The van der Waals surface area contributed by atoms with Gasteiger partial charge in [-0.05, 0) is 65.5 Å². The highest BCUT2D eigenvalue weighted by molar-refractivity contribution is 7.86. The fourth-order valence-corrected chi connectivity index (χ4v) is 8.43. The van der Waals surface area contributed by atoms with Crippen molar-refractivity contribution in [2.75, 3.05) is 32.0 Å². The molecule has 0 saturated carbocycles. The van der Waals surface area contributed by atoms with Crippen LogP contribution in [0.4, 0.5) is 10.3 Å². The summed E-state index contributed by atoms with van der Waals surface area (Å²) in [5.41, 5.74) is 5.96. The van der Waals surface area contributed by atoms with Crippen molar-refractivity contribution < 1.29 is 27.8 Å². The number of aliphatic hydroxyl groups excluding tert-OH is 1. The first-order valence-corrected chi connectivity index (χ1v) is 16.2. The Morgan fingerprint density at radius 3 is 2.47 bits per heavy atom. The number of anilines is 1. The molecule has 1 aromatic carbocycles. The monoisotopic (exact) mass is 639 g/mol. The van der Waals surface area contributed by atoms with E-state index in [9.17, 15) is 23.0 Å². The third-order valence-electron chi connectivity index (χ3n) is 8.13. The molecule has 0 radical (unpaired) electrons. The number of nitrogens with two attached hydrogens (primary N) is 1. The molecule has 3 atom stereocenters. The molecule has 15 heteroatoms. The number of aromatic nitrogens is 4. The van der Waals surface area contributed by atoms with E-state index < -0.39 is 27.7 Å². The number of aliphatic hydroxyl groups is 2. The zero-order valence-corrected chi connectivity index (χ0v) is 26.3. The normalized spacial score (nSPS) is 23.5. The van der Waals surface area contributed by atoms with E-state index in [1.807, 2.05) is 13.8 Å². The molecule has 3 saturated heterocycles. The van der Waals surface area contributed by atoms with Crippen LogP contribution < -0.4 is 5.73 Å². The van der Waals surface area contributed by atoms with Gasteiger partial charge in [-0.25, -0.2) is 19.3 Å². The number of fused-ring (bicyclic) bond motifs is 3. The van der Waals surface area contributed by atoms with Crippen molar-refractivity contribution in [1.82, 2.24) is 28.1 Å². The summed E-state index contributed by atoms with van der Waals surface area (Å²) in [6.07, 6.45) is 4.05. The molecule has 3 aliphatic rings. The molecule has 2 unspecified atom stereocenters. The summed E-state index contributed by atoms with van der Waals surface area (Å²) in [6.45, 7) is 8.90. The molecule has 3 fully saturated rings. The number of hydrogen-bond donors (Lipinski definition) is 3. The Hall–Kier alpha value is -2.46. The Balaban J connectivity index is 0.000000180. The van der Waals surface area contributed by atoms with E-state index in [2.05, 4.69) is 15.0 Å². The predicted octanol–water partition coefficient (Wildman–Crippen LogP) is 3.23. The Kier molecular flexibility index (Phi) is 9.02. The Labute approximate surface area is 255 Å². The Bertz CT molecular complexity index is 1590. The van der Waals surface area contributed by atoms with E-state index in [1.54, 1.807) is 28.8 Å². The van der Waals surface area contributed by atoms with Crippen molar-refractivity contribution in [3.63, 3.8) is 0 Å². The molecule has 2 bridgehead atoms. The lowest BCUT2D eigenvalue weighted by Crippen LogP contribution is -2.56. The van der Waals surface area contributed by atoms with E-state index in [0.717, 1.165) is 25.7 Å². The van der Waals surface area contributed by atoms with E-state index in [-0.39, 0.29) is 34.6 Å². The lowest BCUT2D eigenvalue weighted by molar-refractivity contribution is 0.0438. The summed E-state index contributed by atoms with van der Waals surface area (Å²) in [6, 6.07) is 2.89. The van der Waals surface area contributed by atoms with Gasteiger partial charge < -0.3 is 25.3 Å². The topological polar surface area (TPSA) is 160 Å². The zero-order chi connectivity index (χ0) is 31.3. The molecule has 3 aromatic rings. The van der Waals surface area contributed by atoms with E-state index >= 15 is 0 Å². The number of piperidine rings is 1. The molecule has 4 N–H and O–H groups in total. The van der Waals surface area contributed by atoms with Crippen LogP contribution in [-0.4, -0.2) is 91.3 Å². The first kappa shape index (κ1) is 31.9. The van der Waals surface area contributed by atoms with Crippen molar-refractivity contribution in [1.29, 1.82) is 0 Å². The van der Waals surface area contributed by atoms with Crippen LogP contribution in [0.15, 0.2) is 18.3 Å². The Morgan fingerprint density at radius 1 is 1.14 bits per heavy atom. The van der Waals surface area contributed by atoms with Gasteiger partial charge in [0.05, 0.1) is 47.8 Å². The number of ether oxygens (including phenoxy) is 1. The van der Waals surface area contributed by atoms with Crippen LogP contribution in [0, 0.1) is 5.82 Å². The largest absolute Gasteiger partial charge is 0.391 e. The fourth-order valence-electron chi connectivity index (χ4n) is 6.17. The zero-order valence-electron chi connectivity index (χ0n) is 24.7. The van der Waals surface area contributed by atoms with E-state index in [1.165, 1.54) is 16.6 Å². The Morgan fingerprint density at radius 2 is 1.81 bits per heavy atom. The summed E-state index contributed by atoms with van der Waals surface area (Å²) >= 11 is 6.15. The average molecular weight is 640 g/mol. The van der Waals surface area contributed by atoms with Crippen LogP contribution in [-0.2, 0) is 20.5 Å². The van der Waals surface area contributed by atoms with E-state index in [4.69, 9.17) is 22.1 Å². The average Bonchev–Trinajstić information content (AvgIpc) is 3.52. The maximum Gasteiger partial charge on any atom is 0.282 e. The smallest absolute Gasteiger partial charge is 0.282 e. The van der Waals surface area contributed by atoms with Crippen LogP contribution in [0.3, 0.4) is 0 Å². The van der Waals surface area contributed by atoms with Gasteiger partial charge in [0.25, 0.3) is 10.2 Å². The molecule has 12 nitrogen and oxygen atoms in total. The van der Waals surface area contributed by atoms with Crippen LogP contribution in [0.25, 0.3) is 22.3 Å². The molecule has 236 valence electrons. The van der Waals surface area contributed by atoms with Gasteiger partial charge in [-0.15, -0.1) is 0 Å². The molecule has 0 spiro atoms. The first-order valence-electron chi connectivity index (χ1n) is 14.5. The second-order valence-corrected chi connectivity index (χ2v) is 14.2. The summed E-state index contributed by atoms with van der Waals surface area (Å²) in [5, 5.41) is 20.7. The summed E-state index contributed by atoms with van der Waals surface area (Å²) in [7, 11) is -3.43. The fraction of sp³-hybridized carbons (Fsp3) is 0.607. The number of halogens is 2. The number of hydrogen-bond acceptors (Lipinski definition) is 9. The number of nitrogens with zero attached hydrogens (tertiary/aromatic N) is 6. The highest BCUT2D eigenvalue weighted by atomic mass is 35.5. The van der Waals surface area contributed by atoms with Crippen molar-refractivity contribution in [3.05, 3.63) is 35.0 Å². The van der Waals surface area contributed by atoms with Gasteiger partial charge in [0.2, 0.25) is 5.95 Å². The van der Waals surface area contributed by atoms with Crippen LogP contribution >= 0.6 is 11.6 Å². The maximum absolute atomic E-state index is 14.7. The minimum Gasteiger partial charge on any atom is -0.391 e. The molecule has 2 aromatic heterocycles. The predicted molar refractivity (Wildman–Crippen MR) is 161 cm³/mol. The lowest BCUT2D eigenvalue weighted by atomic mass is 10.0. The van der Waals surface area contributed by atoms with E-state index in [0.29, 0.717) is 48.9 Å². The third-order valence-corrected chi connectivity index (χ3v) is 10.5. The quantitative estimate of drug-likeness (QED) is 0.381. The summed E-state index contributed by atoms with van der Waals surface area (Å²) in [4.78, 5) is 12.3. The standard InChI is InChI=1S/C17H19ClFN5O.C11H20N2O4S/c1-8(2)24-12-6-9(13-10(18)7-21-16(20)23-13)5-11(19)14(12)22-15(24)17(3,4)25;14-11-4-2-9-1-3-10(11)13(9)18(15,16)12-5-7-17-8-6-12/h5-8,25H,1-4H3,(H2,20,21,23);9-11,14H,1-8H2/t;9?,10-,11?/m.0/s1. The molecule has 5 heterocycles. The molecular weight excluding hydrogens is 601 g/mol. The van der Waals surface area contributed by atoms with Crippen LogP contribution in [0.2, 0.25) is 5.02 Å². The number of imidazole rings is 1. The molecule has 0 amide bonds. The third kappa shape index (κ3) is 6.23. The lowest BCUT2D eigenvalue weighted by Gasteiger charge is -2.40. The van der Waals surface area contributed by atoms with Crippen molar-refractivity contribution in [2.45, 2.75) is 83.2 Å². The minimum atomic E-state index is -3.43. The van der Waals surface area contributed by atoms with Crippen molar-refractivity contribution >= 4 is 38.8 Å². The highest BCUT2D eigenvalue weighted by Crippen LogP contribution is 2.39.